The van der Waals surface area contributed by atoms with Crippen LogP contribution >= 0.6 is 11.6 Å². The zero-order chi connectivity index (χ0) is 20.5. The highest BCUT2D eigenvalue weighted by Crippen LogP contribution is 2.42. The molecule has 1 aliphatic carbocycles. The average molecular weight is 408 g/mol. The number of allylic oxidation sites excluding steroid dienone is 3. The highest BCUT2D eigenvalue weighted by Gasteiger charge is 2.38. The van der Waals surface area contributed by atoms with Gasteiger partial charge in [-0.1, -0.05) is 29.8 Å². The lowest BCUT2D eigenvalue weighted by Crippen LogP contribution is -2.35. The van der Waals surface area contributed by atoms with Crippen molar-refractivity contribution in [3.05, 3.63) is 81.3 Å². The van der Waals surface area contributed by atoms with Crippen molar-refractivity contribution in [3.63, 3.8) is 0 Å². The van der Waals surface area contributed by atoms with Gasteiger partial charge in [0.2, 0.25) is 0 Å². The van der Waals surface area contributed by atoms with E-state index in [4.69, 9.17) is 11.6 Å². The van der Waals surface area contributed by atoms with Gasteiger partial charge in [-0.25, -0.2) is 4.98 Å². The lowest BCUT2D eigenvalue weighted by molar-refractivity contribution is -0.116. The van der Waals surface area contributed by atoms with E-state index < -0.39 is 5.92 Å². The number of hydrogen-bond donors (Lipinski definition) is 2. The molecule has 1 aromatic carbocycles. The fraction of sp³-hybridized carbons (Fsp3) is 0.261. The van der Waals surface area contributed by atoms with Crippen LogP contribution in [0.25, 0.3) is 0 Å². The Morgan fingerprint density at radius 3 is 2.62 bits per heavy atom. The maximum atomic E-state index is 13.3. The minimum absolute atomic E-state index is 0.0881. The fourth-order valence-electron chi connectivity index (χ4n) is 4.07. The van der Waals surface area contributed by atoms with Gasteiger partial charge in [-0.15, -0.1) is 0 Å². The number of halogens is 1. The quantitative estimate of drug-likeness (QED) is 0.776. The Morgan fingerprint density at radius 1 is 1.14 bits per heavy atom. The van der Waals surface area contributed by atoms with E-state index in [-0.39, 0.29) is 11.7 Å². The van der Waals surface area contributed by atoms with Crippen LogP contribution in [-0.4, -0.2) is 16.7 Å². The molecule has 0 radical (unpaired) electrons. The Labute approximate surface area is 174 Å². The summed E-state index contributed by atoms with van der Waals surface area (Å²) in [6, 6.07) is 12.8. The van der Waals surface area contributed by atoms with Gasteiger partial charge in [-0.05, 0) is 56.5 Å². The highest BCUT2D eigenvalue weighted by molar-refractivity contribution is 6.30. The van der Waals surface area contributed by atoms with Crippen LogP contribution < -0.4 is 10.6 Å². The molecule has 0 spiro atoms. The number of hydrogen-bond acceptors (Lipinski definition) is 4. The molecular formula is C23H22ClN3O2. The molecule has 2 heterocycles. The van der Waals surface area contributed by atoms with Gasteiger partial charge >= 0.3 is 0 Å². The number of aromatic nitrogens is 1. The minimum atomic E-state index is -0.430. The number of nitrogens with one attached hydrogen (secondary N) is 2. The number of benzene rings is 1. The van der Waals surface area contributed by atoms with E-state index >= 15 is 0 Å². The fourth-order valence-corrected chi connectivity index (χ4v) is 4.20. The zero-order valence-electron chi connectivity index (χ0n) is 16.4. The largest absolute Gasteiger partial charge is 0.362 e. The standard InChI is InChI=1S/C23H22ClN3O2/c1-13-5-3-8-19(25-13)27-23(29)20-14(2)26-17-6-4-7-18(28)22(17)21(20)15-9-11-16(24)12-10-15/h3,5,8-12,21,26H,4,6-7H2,1-2H3,(H,25,27,29). The Hall–Kier alpha value is -2.92. The van der Waals surface area contributed by atoms with Crippen LogP contribution in [0.15, 0.2) is 65.0 Å². The Kier molecular flexibility index (Phi) is 5.24. The summed E-state index contributed by atoms with van der Waals surface area (Å²) in [6.07, 6.45) is 2.12. The molecule has 4 rings (SSSR count). The normalized spacial score (nSPS) is 19.0. The molecule has 29 heavy (non-hydrogen) atoms. The monoisotopic (exact) mass is 407 g/mol. The summed E-state index contributed by atoms with van der Waals surface area (Å²) in [5, 5.41) is 6.83. The summed E-state index contributed by atoms with van der Waals surface area (Å²) in [7, 11) is 0. The number of aryl methyl sites for hydroxylation is 1. The van der Waals surface area contributed by atoms with E-state index in [9.17, 15) is 9.59 Å². The van der Waals surface area contributed by atoms with Crippen LogP contribution in [0.2, 0.25) is 5.02 Å². The number of carbonyl (C=O) groups is 2. The number of anilines is 1. The Morgan fingerprint density at radius 2 is 1.90 bits per heavy atom. The molecule has 5 nitrogen and oxygen atoms in total. The van der Waals surface area contributed by atoms with Gasteiger partial charge in [-0.3, -0.25) is 9.59 Å². The molecule has 0 saturated heterocycles. The van der Waals surface area contributed by atoms with Gasteiger partial charge in [-0.2, -0.15) is 0 Å². The predicted molar refractivity (Wildman–Crippen MR) is 114 cm³/mol. The molecule has 0 saturated carbocycles. The van der Waals surface area contributed by atoms with Crippen molar-refractivity contribution < 1.29 is 9.59 Å². The summed E-state index contributed by atoms with van der Waals surface area (Å²) in [5.74, 6) is -0.121. The Balaban J connectivity index is 1.78. The third kappa shape index (κ3) is 3.83. The van der Waals surface area contributed by atoms with Crippen LogP contribution in [0.3, 0.4) is 0 Å². The summed E-state index contributed by atoms with van der Waals surface area (Å²) >= 11 is 6.08. The maximum absolute atomic E-state index is 13.3. The van der Waals surface area contributed by atoms with Crippen molar-refractivity contribution in [1.82, 2.24) is 10.3 Å². The smallest absolute Gasteiger partial charge is 0.255 e. The molecule has 2 aliphatic rings. The van der Waals surface area contributed by atoms with Gasteiger partial charge < -0.3 is 10.6 Å². The number of Topliss-reactive ketones (excluding diaryl/α,β-unsaturated/α-hetero) is 1. The molecule has 2 N–H and O–H groups in total. The van der Waals surface area contributed by atoms with E-state index in [1.165, 1.54) is 0 Å². The third-order valence-corrected chi connectivity index (χ3v) is 5.61. The second kappa shape index (κ2) is 7.84. The maximum Gasteiger partial charge on any atom is 0.255 e. The van der Waals surface area contributed by atoms with Crippen LogP contribution in [0, 0.1) is 6.92 Å². The van der Waals surface area contributed by atoms with E-state index in [2.05, 4.69) is 15.6 Å². The highest BCUT2D eigenvalue weighted by atomic mass is 35.5. The first-order chi connectivity index (χ1) is 13.9. The third-order valence-electron chi connectivity index (χ3n) is 5.35. The first kappa shape index (κ1) is 19.4. The lowest BCUT2D eigenvalue weighted by Gasteiger charge is -2.34. The molecule has 2 aromatic rings. The van der Waals surface area contributed by atoms with Crippen molar-refractivity contribution in [2.75, 3.05) is 5.32 Å². The van der Waals surface area contributed by atoms with Crippen LogP contribution in [0.5, 0.6) is 0 Å². The van der Waals surface area contributed by atoms with Gasteiger partial charge in [0.05, 0.1) is 0 Å². The summed E-state index contributed by atoms with van der Waals surface area (Å²) in [6.45, 7) is 3.75. The first-order valence-corrected chi connectivity index (χ1v) is 10.1. The van der Waals surface area contributed by atoms with Crippen molar-refractivity contribution in [3.8, 4) is 0 Å². The van der Waals surface area contributed by atoms with Crippen molar-refractivity contribution in [2.24, 2.45) is 0 Å². The molecular weight excluding hydrogens is 386 g/mol. The number of carbonyl (C=O) groups excluding carboxylic acids is 2. The number of pyridine rings is 1. The summed E-state index contributed by atoms with van der Waals surface area (Å²) in [5.41, 5.74) is 4.58. The Bertz CT molecular complexity index is 1050. The van der Waals surface area contributed by atoms with Crippen LogP contribution in [0.1, 0.15) is 43.4 Å². The van der Waals surface area contributed by atoms with E-state index in [0.717, 1.165) is 35.5 Å². The number of dihydropyridines is 1. The topological polar surface area (TPSA) is 71.1 Å². The van der Waals surface area contributed by atoms with Gasteiger partial charge in [0.1, 0.15) is 5.82 Å². The summed E-state index contributed by atoms with van der Waals surface area (Å²) in [4.78, 5) is 30.5. The molecule has 1 unspecified atom stereocenters. The second-order valence-electron chi connectivity index (χ2n) is 7.44. The van der Waals surface area contributed by atoms with E-state index in [1.807, 2.05) is 38.1 Å². The first-order valence-electron chi connectivity index (χ1n) is 9.68. The number of ketones is 1. The SMILES string of the molecule is CC1=C(C(=O)Nc2cccc(C)n2)C(c2ccc(Cl)cc2)C2=C(CCCC2=O)N1. The van der Waals surface area contributed by atoms with E-state index in [0.29, 0.717) is 28.4 Å². The number of amides is 1. The van der Waals surface area contributed by atoms with Crippen LogP contribution in [0.4, 0.5) is 5.82 Å². The van der Waals surface area contributed by atoms with Gasteiger partial charge in [0.25, 0.3) is 5.91 Å². The number of rotatable bonds is 3. The van der Waals surface area contributed by atoms with Gasteiger partial charge in [0.15, 0.2) is 5.78 Å². The molecule has 1 aliphatic heterocycles. The molecule has 148 valence electrons. The second-order valence-corrected chi connectivity index (χ2v) is 7.87. The molecule has 1 aromatic heterocycles. The average Bonchev–Trinajstić information content (AvgIpc) is 2.67. The molecule has 0 fully saturated rings. The van der Waals surface area contributed by atoms with Crippen molar-refractivity contribution in [2.45, 2.75) is 39.0 Å². The summed E-state index contributed by atoms with van der Waals surface area (Å²) < 4.78 is 0. The van der Waals surface area contributed by atoms with Crippen molar-refractivity contribution >= 4 is 29.1 Å². The molecule has 1 amide bonds. The minimum Gasteiger partial charge on any atom is -0.362 e. The van der Waals surface area contributed by atoms with Crippen LogP contribution in [-0.2, 0) is 9.59 Å². The molecule has 6 heteroatoms. The lowest BCUT2D eigenvalue weighted by atomic mass is 9.75. The number of nitrogens with zero attached hydrogens (tertiary/aromatic N) is 1. The molecule has 1 atom stereocenters. The zero-order valence-corrected chi connectivity index (χ0v) is 17.1. The van der Waals surface area contributed by atoms with Crippen molar-refractivity contribution in [1.29, 1.82) is 0 Å². The molecule has 0 bridgehead atoms. The van der Waals surface area contributed by atoms with Gasteiger partial charge in [0, 0.05) is 45.6 Å². The van der Waals surface area contributed by atoms with E-state index in [1.54, 1.807) is 18.2 Å². The predicted octanol–water partition coefficient (Wildman–Crippen LogP) is 4.65.